The molecule has 9 heteroatoms. The van der Waals surface area contributed by atoms with Crippen LogP contribution in [0.5, 0.6) is 5.75 Å². The van der Waals surface area contributed by atoms with Crippen LogP contribution in [0.25, 0.3) is 16.9 Å². The fraction of sp³-hybridized carbons (Fsp3) is 0.238. The number of amides is 1. The first kappa shape index (κ1) is 21.0. The third-order valence-corrected chi connectivity index (χ3v) is 4.42. The zero-order valence-electron chi connectivity index (χ0n) is 16.7. The number of nitro benzene ring substituents is 1. The van der Waals surface area contributed by atoms with Crippen LogP contribution in [0.15, 0.2) is 54.6 Å². The molecule has 9 nitrogen and oxygen atoms in total. The number of carbonyl (C=O) groups is 1. The minimum atomic E-state index is -0.474. The second-order valence-corrected chi connectivity index (χ2v) is 6.43. The Morgan fingerprint density at radius 3 is 2.60 bits per heavy atom. The maximum atomic E-state index is 12.8. The van der Waals surface area contributed by atoms with Gasteiger partial charge in [-0.1, -0.05) is 12.1 Å². The monoisotopic (exact) mass is 410 g/mol. The Hall–Kier alpha value is -3.72. The minimum Gasteiger partial charge on any atom is -0.497 e. The van der Waals surface area contributed by atoms with Gasteiger partial charge < -0.3 is 14.8 Å². The van der Waals surface area contributed by atoms with Crippen LogP contribution >= 0.6 is 0 Å². The van der Waals surface area contributed by atoms with E-state index in [0.29, 0.717) is 42.4 Å². The molecular weight excluding hydrogens is 388 g/mol. The molecule has 1 amide bonds. The Morgan fingerprint density at radius 1 is 1.17 bits per heavy atom. The summed E-state index contributed by atoms with van der Waals surface area (Å²) in [5.41, 5.74) is 2.18. The average Bonchev–Trinajstić information content (AvgIpc) is 3.22. The molecule has 2 aromatic carbocycles. The van der Waals surface area contributed by atoms with Crippen LogP contribution in [0, 0.1) is 10.1 Å². The van der Waals surface area contributed by atoms with E-state index in [-0.39, 0.29) is 11.6 Å². The van der Waals surface area contributed by atoms with Gasteiger partial charge in [0.2, 0.25) is 0 Å². The molecule has 3 aromatic rings. The maximum absolute atomic E-state index is 12.8. The molecule has 0 saturated heterocycles. The number of nitrogens with zero attached hydrogens (tertiary/aromatic N) is 3. The molecule has 156 valence electrons. The van der Waals surface area contributed by atoms with Crippen molar-refractivity contribution in [1.29, 1.82) is 0 Å². The highest BCUT2D eigenvalue weighted by atomic mass is 16.6. The SMILES string of the molecule is COCCCNC(=O)c1cc(-c2cccc(OC)c2)nn1-c1ccc([N+](=O)[O-])cc1. The molecule has 0 unspecified atom stereocenters. The summed E-state index contributed by atoms with van der Waals surface area (Å²) >= 11 is 0. The van der Waals surface area contributed by atoms with Crippen molar-refractivity contribution in [2.45, 2.75) is 6.42 Å². The number of carbonyl (C=O) groups excluding carboxylic acids is 1. The Labute approximate surface area is 173 Å². The van der Waals surface area contributed by atoms with Crippen LogP contribution in [-0.4, -0.2) is 48.0 Å². The van der Waals surface area contributed by atoms with Gasteiger partial charge in [-0.25, -0.2) is 4.68 Å². The van der Waals surface area contributed by atoms with Gasteiger partial charge in [-0.3, -0.25) is 14.9 Å². The molecule has 3 rings (SSSR count). The van der Waals surface area contributed by atoms with Crippen molar-refractivity contribution in [1.82, 2.24) is 15.1 Å². The van der Waals surface area contributed by atoms with Gasteiger partial charge in [0.15, 0.2) is 0 Å². The molecule has 0 aliphatic rings. The molecule has 0 saturated carbocycles. The summed E-state index contributed by atoms with van der Waals surface area (Å²) in [5.74, 6) is 0.369. The molecule has 1 aromatic heterocycles. The van der Waals surface area contributed by atoms with Crippen LogP contribution in [0.4, 0.5) is 5.69 Å². The largest absolute Gasteiger partial charge is 0.497 e. The van der Waals surface area contributed by atoms with Crippen molar-refractivity contribution >= 4 is 11.6 Å². The number of nitro groups is 1. The molecule has 0 atom stereocenters. The number of hydrogen-bond donors (Lipinski definition) is 1. The van der Waals surface area contributed by atoms with Crippen LogP contribution < -0.4 is 10.1 Å². The zero-order chi connectivity index (χ0) is 21.5. The minimum absolute atomic E-state index is 0.0375. The van der Waals surface area contributed by atoms with Gasteiger partial charge >= 0.3 is 0 Å². The van der Waals surface area contributed by atoms with E-state index in [1.54, 1.807) is 32.4 Å². The smallest absolute Gasteiger partial charge is 0.270 e. The van der Waals surface area contributed by atoms with E-state index in [1.165, 1.54) is 16.8 Å². The number of methoxy groups -OCH3 is 2. The van der Waals surface area contributed by atoms with Crippen molar-refractivity contribution in [2.24, 2.45) is 0 Å². The predicted molar refractivity (Wildman–Crippen MR) is 111 cm³/mol. The van der Waals surface area contributed by atoms with Gasteiger partial charge in [0, 0.05) is 38.0 Å². The second-order valence-electron chi connectivity index (χ2n) is 6.43. The van der Waals surface area contributed by atoms with E-state index in [0.717, 1.165) is 5.56 Å². The molecule has 1 heterocycles. The molecule has 0 fully saturated rings. The van der Waals surface area contributed by atoms with Gasteiger partial charge in [0.25, 0.3) is 11.6 Å². The van der Waals surface area contributed by atoms with Crippen LogP contribution in [-0.2, 0) is 4.74 Å². The normalized spacial score (nSPS) is 10.6. The predicted octanol–water partition coefficient (Wildman–Crippen LogP) is 3.22. The zero-order valence-corrected chi connectivity index (χ0v) is 16.7. The highest BCUT2D eigenvalue weighted by Crippen LogP contribution is 2.26. The quantitative estimate of drug-likeness (QED) is 0.330. The van der Waals surface area contributed by atoms with E-state index in [4.69, 9.17) is 9.47 Å². The Morgan fingerprint density at radius 2 is 1.93 bits per heavy atom. The average molecular weight is 410 g/mol. The van der Waals surface area contributed by atoms with Gasteiger partial charge in [-0.15, -0.1) is 0 Å². The van der Waals surface area contributed by atoms with Crippen molar-refractivity contribution in [3.63, 3.8) is 0 Å². The van der Waals surface area contributed by atoms with Crippen molar-refractivity contribution in [3.8, 4) is 22.7 Å². The lowest BCUT2D eigenvalue weighted by molar-refractivity contribution is -0.384. The van der Waals surface area contributed by atoms with E-state index in [2.05, 4.69) is 10.4 Å². The molecule has 1 N–H and O–H groups in total. The lowest BCUT2D eigenvalue weighted by Crippen LogP contribution is -2.27. The molecule has 30 heavy (non-hydrogen) atoms. The third kappa shape index (κ3) is 4.81. The summed E-state index contributed by atoms with van der Waals surface area (Å²) in [6.07, 6.45) is 0.677. The number of aromatic nitrogens is 2. The van der Waals surface area contributed by atoms with E-state index >= 15 is 0 Å². The summed E-state index contributed by atoms with van der Waals surface area (Å²) in [4.78, 5) is 23.3. The second kappa shape index (κ2) is 9.66. The van der Waals surface area contributed by atoms with Crippen LogP contribution in [0.1, 0.15) is 16.9 Å². The summed E-state index contributed by atoms with van der Waals surface area (Å²) in [5, 5.41) is 18.4. The highest BCUT2D eigenvalue weighted by molar-refractivity contribution is 5.94. The van der Waals surface area contributed by atoms with Gasteiger partial charge in [-0.2, -0.15) is 5.10 Å². The number of nitrogens with one attached hydrogen (secondary N) is 1. The lowest BCUT2D eigenvalue weighted by atomic mass is 10.1. The number of benzene rings is 2. The maximum Gasteiger partial charge on any atom is 0.270 e. The van der Waals surface area contributed by atoms with E-state index in [1.807, 2.05) is 24.3 Å². The van der Waals surface area contributed by atoms with E-state index in [9.17, 15) is 14.9 Å². The number of rotatable bonds is 9. The number of hydrogen-bond acceptors (Lipinski definition) is 6. The first-order valence-corrected chi connectivity index (χ1v) is 9.30. The summed E-state index contributed by atoms with van der Waals surface area (Å²) in [7, 11) is 3.18. The summed E-state index contributed by atoms with van der Waals surface area (Å²) in [6, 6.07) is 14.9. The van der Waals surface area contributed by atoms with Crippen LogP contribution in [0.3, 0.4) is 0 Å². The van der Waals surface area contributed by atoms with Crippen molar-refractivity contribution < 1.29 is 19.2 Å². The molecule has 0 spiro atoms. The standard InChI is InChI=1S/C21H22N4O5/c1-29-12-4-11-22-21(26)20-14-19(15-5-3-6-18(13-15)30-2)23-24(20)16-7-9-17(10-8-16)25(27)28/h3,5-10,13-14H,4,11-12H2,1-2H3,(H,22,26). The molecule has 0 bridgehead atoms. The molecule has 0 aliphatic heterocycles. The first-order valence-electron chi connectivity index (χ1n) is 9.30. The topological polar surface area (TPSA) is 109 Å². The Balaban J connectivity index is 1.98. The van der Waals surface area contributed by atoms with Crippen molar-refractivity contribution in [3.05, 3.63) is 70.4 Å². The number of non-ortho nitro benzene ring substituents is 1. The van der Waals surface area contributed by atoms with Gasteiger partial charge in [-0.05, 0) is 36.8 Å². The van der Waals surface area contributed by atoms with Crippen LogP contribution in [0.2, 0.25) is 0 Å². The lowest BCUT2D eigenvalue weighted by Gasteiger charge is -2.08. The van der Waals surface area contributed by atoms with Gasteiger partial charge in [0.1, 0.15) is 11.4 Å². The fourth-order valence-electron chi connectivity index (χ4n) is 2.89. The Kier molecular flexibility index (Phi) is 6.76. The molecular formula is C21H22N4O5. The number of ether oxygens (including phenoxy) is 2. The van der Waals surface area contributed by atoms with Crippen molar-refractivity contribution in [2.75, 3.05) is 27.4 Å². The highest BCUT2D eigenvalue weighted by Gasteiger charge is 2.18. The summed E-state index contributed by atoms with van der Waals surface area (Å²) < 4.78 is 11.7. The fourth-order valence-corrected chi connectivity index (χ4v) is 2.89. The first-order chi connectivity index (χ1) is 14.5. The van der Waals surface area contributed by atoms with Gasteiger partial charge in [0.05, 0.1) is 23.4 Å². The molecule has 0 aliphatic carbocycles. The molecule has 0 radical (unpaired) electrons. The third-order valence-electron chi connectivity index (χ3n) is 4.42. The Bertz CT molecular complexity index is 1030. The summed E-state index contributed by atoms with van der Waals surface area (Å²) in [6.45, 7) is 0.990. The van der Waals surface area contributed by atoms with E-state index < -0.39 is 4.92 Å².